The van der Waals surface area contributed by atoms with Gasteiger partial charge >= 0.3 is 0 Å². The quantitative estimate of drug-likeness (QED) is 0.812. The molecule has 0 spiro atoms. The van der Waals surface area contributed by atoms with Gasteiger partial charge in [0.1, 0.15) is 0 Å². The first-order valence-electron chi connectivity index (χ1n) is 5.30. The van der Waals surface area contributed by atoms with E-state index in [1.807, 2.05) is 0 Å². The number of amides is 1. The van der Waals surface area contributed by atoms with E-state index in [1.54, 1.807) is 12.1 Å². The molecule has 0 radical (unpaired) electrons. The van der Waals surface area contributed by atoms with Gasteiger partial charge in [0.15, 0.2) is 17.2 Å². The predicted octanol–water partition coefficient (Wildman–Crippen LogP) is 1.39. The highest BCUT2D eigenvalue weighted by atomic mass is 19.1. The van der Waals surface area contributed by atoms with Gasteiger partial charge in [0.05, 0.1) is 6.10 Å². The Labute approximate surface area is 96.2 Å². The molecule has 0 aliphatic carbocycles. The van der Waals surface area contributed by atoms with Crippen LogP contribution in [0.5, 0.6) is 0 Å². The summed E-state index contributed by atoms with van der Waals surface area (Å²) in [6.07, 6.45) is -0.458. The van der Waals surface area contributed by atoms with Gasteiger partial charge < -0.3 is 14.4 Å². The Morgan fingerprint density at radius 3 is 2.88 bits per heavy atom. The molecule has 2 aromatic rings. The molecule has 1 aromatic heterocycles. The number of likely N-dealkylation sites (tertiary alicyclic amines) is 1. The lowest BCUT2D eigenvalue weighted by atomic mass is 10.1. The second-order valence-electron chi connectivity index (χ2n) is 4.13. The summed E-state index contributed by atoms with van der Waals surface area (Å²) in [5.74, 6) is -0.687. The van der Waals surface area contributed by atoms with Crippen molar-refractivity contribution in [2.45, 2.75) is 6.10 Å². The molecule has 1 aromatic carbocycles. The van der Waals surface area contributed by atoms with E-state index in [4.69, 9.17) is 9.52 Å². The maximum Gasteiger partial charge on any atom is 0.289 e. The van der Waals surface area contributed by atoms with Crippen molar-refractivity contribution in [1.29, 1.82) is 0 Å². The third-order valence-corrected chi connectivity index (χ3v) is 2.86. The monoisotopic (exact) mass is 235 g/mol. The van der Waals surface area contributed by atoms with Gasteiger partial charge in [0.2, 0.25) is 0 Å². The molecule has 1 N–H and O–H groups in total. The third-order valence-electron chi connectivity index (χ3n) is 2.86. The number of aliphatic hydroxyl groups excluding tert-OH is 1. The Bertz CT molecular complexity index is 586. The van der Waals surface area contributed by atoms with Crippen molar-refractivity contribution in [2.24, 2.45) is 0 Å². The second-order valence-corrected chi connectivity index (χ2v) is 4.13. The highest BCUT2D eigenvalue weighted by Crippen LogP contribution is 2.24. The minimum atomic E-state index is -0.481. The molecule has 4 nitrogen and oxygen atoms in total. The fourth-order valence-electron chi connectivity index (χ4n) is 1.91. The highest BCUT2D eigenvalue weighted by molar-refractivity contribution is 5.96. The van der Waals surface area contributed by atoms with Crippen LogP contribution in [0.3, 0.4) is 0 Å². The van der Waals surface area contributed by atoms with E-state index in [0.717, 1.165) is 0 Å². The zero-order valence-electron chi connectivity index (χ0n) is 8.89. The average molecular weight is 235 g/mol. The summed E-state index contributed by atoms with van der Waals surface area (Å²) in [4.78, 5) is 13.3. The number of para-hydroxylation sites is 1. The Morgan fingerprint density at radius 2 is 2.24 bits per heavy atom. The Hall–Kier alpha value is -1.88. The van der Waals surface area contributed by atoms with Crippen molar-refractivity contribution in [2.75, 3.05) is 13.1 Å². The Kier molecular flexibility index (Phi) is 2.16. The maximum absolute atomic E-state index is 13.4. The summed E-state index contributed by atoms with van der Waals surface area (Å²) in [6, 6.07) is 6.05. The first-order valence-corrected chi connectivity index (χ1v) is 5.30. The maximum atomic E-state index is 13.4. The molecule has 2 heterocycles. The number of aliphatic hydroxyl groups is 1. The summed E-state index contributed by atoms with van der Waals surface area (Å²) in [5.41, 5.74) is 0.0944. The van der Waals surface area contributed by atoms with E-state index in [1.165, 1.54) is 17.0 Å². The Morgan fingerprint density at radius 1 is 1.47 bits per heavy atom. The predicted molar refractivity (Wildman–Crippen MR) is 58.1 cm³/mol. The molecule has 17 heavy (non-hydrogen) atoms. The van der Waals surface area contributed by atoms with Crippen LogP contribution in [-0.4, -0.2) is 35.1 Å². The molecule has 1 aliphatic rings. The zero-order chi connectivity index (χ0) is 12.0. The van der Waals surface area contributed by atoms with Gasteiger partial charge in [-0.05, 0) is 12.1 Å². The van der Waals surface area contributed by atoms with Crippen molar-refractivity contribution >= 4 is 16.9 Å². The standard InChI is InChI=1S/C12H10FNO3/c13-9-3-1-2-7-4-10(17-11(7)9)12(16)14-5-8(15)6-14/h1-4,8,15H,5-6H2. The van der Waals surface area contributed by atoms with Gasteiger partial charge in [-0.1, -0.05) is 12.1 Å². The van der Waals surface area contributed by atoms with Crippen molar-refractivity contribution < 1.29 is 18.7 Å². The number of hydrogen-bond donors (Lipinski definition) is 1. The molecule has 1 amide bonds. The molecule has 1 fully saturated rings. The topological polar surface area (TPSA) is 53.7 Å². The fraction of sp³-hybridized carbons (Fsp3) is 0.250. The average Bonchev–Trinajstić information content (AvgIpc) is 2.69. The molecular weight excluding hydrogens is 225 g/mol. The smallest absolute Gasteiger partial charge is 0.289 e. The summed E-state index contributed by atoms with van der Waals surface area (Å²) < 4.78 is 18.6. The van der Waals surface area contributed by atoms with Crippen LogP contribution in [0.4, 0.5) is 4.39 Å². The van der Waals surface area contributed by atoms with Crippen LogP contribution in [0.15, 0.2) is 28.7 Å². The van der Waals surface area contributed by atoms with Crippen molar-refractivity contribution in [1.82, 2.24) is 4.90 Å². The van der Waals surface area contributed by atoms with Crippen LogP contribution in [-0.2, 0) is 0 Å². The number of fused-ring (bicyclic) bond motifs is 1. The molecule has 0 saturated carbocycles. The SMILES string of the molecule is O=C(c1cc2cccc(F)c2o1)N1CC(O)C1. The number of carbonyl (C=O) groups is 1. The number of nitrogens with zero attached hydrogens (tertiary/aromatic N) is 1. The molecule has 0 bridgehead atoms. The largest absolute Gasteiger partial charge is 0.448 e. The molecule has 0 unspecified atom stereocenters. The zero-order valence-corrected chi connectivity index (χ0v) is 8.89. The summed E-state index contributed by atoms with van der Waals surface area (Å²) in [5, 5.41) is 9.68. The molecule has 3 rings (SSSR count). The van der Waals surface area contributed by atoms with E-state index >= 15 is 0 Å². The molecule has 1 saturated heterocycles. The lowest BCUT2D eigenvalue weighted by Crippen LogP contribution is -2.53. The van der Waals surface area contributed by atoms with Crippen LogP contribution in [0.25, 0.3) is 11.0 Å². The van der Waals surface area contributed by atoms with Crippen molar-refractivity contribution in [3.05, 3.63) is 35.8 Å². The van der Waals surface area contributed by atoms with Gasteiger partial charge in [-0.25, -0.2) is 4.39 Å². The van der Waals surface area contributed by atoms with Gasteiger partial charge in [-0.2, -0.15) is 0 Å². The lowest BCUT2D eigenvalue weighted by Gasteiger charge is -2.35. The van der Waals surface area contributed by atoms with Crippen molar-refractivity contribution in [3.63, 3.8) is 0 Å². The fourth-order valence-corrected chi connectivity index (χ4v) is 1.91. The number of halogens is 1. The molecule has 88 valence electrons. The van der Waals surface area contributed by atoms with Crippen LogP contribution >= 0.6 is 0 Å². The van der Waals surface area contributed by atoms with E-state index in [-0.39, 0.29) is 17.3 Å². The Balaban J connectivity index is 1.96. The van der Waals surface area contributed by atoms with Gasteiger partial charge in [-0.3, -0.25) is 4.79 Å². The molecule has 0 atom stereocenters. The molecule has 5 heteroatoms. The van der Waals surface area contributed by atoms with E-state index in [0.29, 0.717) is 18.5 Å². The van der Waals surface area contributed by atoms with Gasteiger partial charge in [0, 0.05) is 18.5 Å². The molecule has 1 aliphatic heterocycles. The second kappa shape index (κ2) is 3.56. The number of benzene rings is 1. The summed E-state index contributed by atoms with van der Waals surface area (Å²) >= 11 is 0. The number of furan rings is 1. The summed E-state index contributed by atoms with van der Waals surface area (Å²) in [7, 11) is 0. The minimum Gasteiger partial charge on any atom is -0.448 e. The van der Waals surface area contributed by atoms with Crippen LogP contribution in [0.2, 0.25) is 0 Å². The molecular formula is C12H10FNO3. The first kappa shape index (κ1) is 10.3. The number of carbonyl (C=O) groups excluding carboxylic acids is 1. The van der Waals surface area contributed by atoms with Crippen molar-refractivity contribution in [3.8, 4) is 0 Å². The van der Waals surface area contributed by atoms with Gasteiger partial charge in [-0.15, -0.1) is 0 Å². The number of rotatable bonds is 1. The lowest BCUT2D eigenvalue weighted by molar-refractivity contribution is 0.00405. The highest BCUT2D eigenvalue weighted by Gasteiger charge is 2.31. The van der Waals surface area contributed by atoms with Crippen LogP contribution in [0.1, 0.15) is 10.6 Å². The third kappa shape index (κ3) is 1.59. The number of hydrogen-bond acceptors (Lipinski definition) is 3. The van der Waals surface area contributed by atoms with Gasteiger partial charge in [0.25, 0.3) is 5.91 Å². The minimum absolute atomic E-state index is 0.0944. The summed E-state index contributed by atoms with van der Waals surface area (Å²) in [6.45, 7) is 0.608. The van der Waals surface area contributed by atoms with E-state index in [2.05, 4.69) is 0 Å². The normalized spacial score (nSPS) is 16.2. The number of β-amino-alcohol motifs (C(OH)–C–C–N with tert-alkyl or cyclic N) is 1. The van der Waals surface area contributed by atoms with Crippen LogP contribution in [0, 0.1) is 5.82 Å². The first-order chi connectivity index (χ1) is 8.15. The van der Waals surface area contributed by atoms with E-state index < -0.39 is 11.9 Å². The van der Waals surface area contributed by atoms with E-state index in [9.17, 15) is 9.18 Å². The van der Waals surface area contributed by atoms with Crippen LogP contribution < -0.4 is 0 Å².